The Balaban J connectivity index is 0.000000343. The third-order valence-corrected chi connectivity index (χ3v) is 5.10. The number of nitrogens with zero attached hydrogens (tertiary/aromatic N) is 3. The topological polar surface area (TPSA) is 95.7 Å². The van der Waals surface area contributed by atoms with Gasteiger partial charge in [0, 0.05) is 19.1 Å². The van der Waals surface area contributed by atoms with Crippen LogP contribution in [0.15, 0.2) is 24.3 Å². The normalized spacial score (nSPS) is 16.8. The van der Waals surface area contributed by atoms with Crippen molar-refractivity contribution in [2.75, 3.05) is 13.1 Å². The number of halogens is 6. The lowest BCUT2D eigenvalue weighted by Gasteiger charge is -2.33. The highest BCUT2D eigenvalue weighted by Gasteiger charge is 2.38. The average molecular weight is 499 g/mol. The molecule has 7 nitrogen and oxygen atoms in total. The summed E-state index contributed by atoms with van der Waals surface area (Å²) in [5.74, 6) is -4.38. The van der Waals surface area contributed by atoms with Gasteiger partial charge in [-0.2, -0.15) is 26.3 Å². The molecule has 2 N–H and O–H groups in total. The third-order valence-electron chi connectivity index (χ3n) is 5.10. The lowest BCUT2D eigenvalue weighted by molar-refractivity contribution is -0.193. The SMILES string of the molecule is Cc1nc2ccccc2n1CCCN1CCCCC1C.O=C(O)C(F)(F)F.O=C(O)C(F)(F)F. The fourth-order valence-corrected chi connectivity index (χ4v) is 3.40. The highest BCUT2D eigenvalue weighted by molar-refractivity contribution is 5.75. The number of rotatable bonds is 4. The maximum Gasteiger partial charge on any atom is 0.490 e. The summed E-state index contributed by atoms with van der Waals surface area (Å²) in [7, 11) is 0. The van der Waals surface area contributed by atoms with Gasteiger partial charge >= 0.3 is 24.3 Å². The van der Waals surface area contributed by atoms with Crippen LogP contribution in [0.3, 0.4) is 0 Å². The quantitative estimate of drug-likeness (QED) is 0.583. The summed E-state index contributed by atoms with van der Waals surface area (Å²) in [6.45, 7) is 8.06. The Kier molecular flexibility index (Phi) is 10.8. The van der Waals surface area contributed by atoms with Crippen LogP contribution in [0.25, 0.3) is 11.0 Å². The number of benzene rings is 1. The zero-order valence-electron chi connectivity index (χ0n) is 18.7. The number of likely N-dealkylation sites (tertiary alicyclic amines) is 1. The zero-order chi connectivity index (χ0) is 26.1. The van der Waals surface area contributed by atoms with Crippen LogP contribution in [-0.4, -0.2) is 68.1 Å². The standard InChI is InChI=1S/C17H25N3.2C2HF3O2/c1-14-8-5-6-11-19(14)12-7-13-20-15(2)18-16-9-3-4-10-17(16)20;2*3-2(4,5)1(6)7/h3-4,9-10,14H,5-8,11-13H2,1-2H3;2*(H,6,7). The molecule has 1 fully saturated rings. The van der Waals surface area contributed by atoms with E-state index in [9.17, 15) is 26.3 Å². The van der Waals surface area contributed by atoms with E-state index in [1.54, 1.807) is 0 Å². The number of alkyl halides is 6. The monoisotopic (exact) mass is 499 g/mol. The van der Waals surface area contributed by atoms with Gasteiger partial charge < -0.3 is 19.7 Å². The van der Waals surface area contributed by atoms with Crippen molar-refractivity contribution in [1.29, 1.82) is 0 Å². The Morgan fingerprint density at radius 2 is 1.53 bits per heavy atom. The number of aliphatic carboxylic acids is 2. The zero-order valence-corrected chi connectivity index (χ0v) is 18.7. The van der Waals surface area contributed by atoms with Gasteiger partial charge in [-0.25, -0.2) is 14.6 Å². The van der Waals surface area contributed by atoms with Crippen LogP contribution in [0.5, 0.6) is 0 Å². The van der Waals surface area contributed by atoms with Crippen LogP contribution >= 0.6 is 0 Å². The Bertz CT molecular complexity index is 919. The van der Waals surface area contributed by atoms with Crippen molar-refractivity contribution in [3.8, 4) is 0 Å². The van der Waals surface area contributed by atoms with E-state index in [2.05, 4.69) is 52.6 Å². The summed E-state index contributed by atoms with van der Waals surface area (Å²) in [5, 5.41) is 14.2. The van der Waals surface area contributed by atoms with Crippen molar-refractivity contribution < 1.29 is 46.1 Å². The van der Waals surface area contributed by atoms with Crippen LogP contribution in [0, 0.1) is 6.92 Å². The summed E-state index contributed by atoms with van der Waals surface area (Å²) in [6.07, 6.45) is -4.81. The molecule has 1 aromatic carbocycles. The summed E-state index contributed by atoms with van der Waals surface area (Å²) >= 11 is 0. The number of piperidine rings is 1. The molecule has 1 unspecified atom stereocenters. The van der Waals surface area contributed by atoms with Gasteiger partial charge in [-0.3, -0.25) is 0 Å². The fraction of sp³-hybridized carbons (Fsp3) is 0.571. The van der Waals surface area contributed by atoms with Gasteiger partial charge in [0.1, 0.15) is 5.82 Å². The predicted molar refractivity (Wildman–Crippen MR) is 111 cm³/mol. The number of hydrogen-bond acceptors (Lipinski definition) is 4. The molecule has 3 rings (SSSR count). The first-order chi connectivity index (χ1) is 15.6. The van der Waals surface area contributed by atoms with Crippen molar-refractivity contribution in [2.24, 2.45) is 0 Å². The van der Waals surface area contributed by atoms with E-state index in [4.69, 9.17) is 19.8 Å². The molecule has 1 aromatic heterocycles. The molecule has 2 aromatic rings. The van der Waals surface area contributed by atoms with Crippen molar-refractivity contribution in [1.82, 2.24) is 14.5 Å². The van der Waals surface area contributed by atoms with Crippen molar-refractivity contribution in [3.63, 3.8) is 0 Å². The molecule has 0 amide bonds. The molecule has 0 radical (unpaired) electrons. The van der Waals surface area contributed by atoms with E-state index in [0.29, 0.717) is 0 Å². The minimum absolute atomic E-state index is 0.768. The van der Waals surface area contributed by atoms with Gasteiger partial charge in [-0.15, -0.1) is 0 Å². The second-order valence-electron chi connectivity index (χ2n) is 7.64. The summed E-state index contributed by atoms with van der Waals surface area (Å²) in [6, 6.07) is 9.22. The maximum absolute atomic E-state index is 10.6. The molecule has 1 atom stereocenters. The molecule has 1 aliphatic heterocycles. The molecule has 34 heavy (non-hydrogen) atoms. The van der Waals surface area contributed by atoms with Crippen LogP contribution in [-0.2, 0) is 16.1 Å². The molecule has 0 aliphatic carbocycles. The minimum Gasteiger partial charge on any atom is -0.475 e. The smallest absolute Gasteiger partial charge is 0.475 e. The van der Waals surface area contributed by atoms with Gasteiger partial charge in [-0.1, -0.05) is 18.6 Å². The Morgan fingerprint density at radius 1 is 1.00 bits per heavy atom. The molecular formula is C21H27F6N3O4. The summed E-state index contributed by atoms with van der Waals surface area (Å²) in [4.78, 5) is 25.1. The number of imidazole rings is 1. The van der Waals surface area contributed by atoms with E-state index in [1.165, 1.54) is 44.3 Å². The number of carboxylic acid groups (broad SMARTS) is 2. The third kappa shape index (κ3) is 9.57. The number of aryl methyl sites for hydroxylation is 2. The van der Waals surface area contributed by atoms with E-state index in [0.717, 1.165) is 23.9 Å². The average Bonchev–Trinajstić information content (AvgIpc) is 3.04. The lowest BCUT2D eigenvalue weighted by atomic mass is 10.0. The van der Waals surface area contributed by atoms with Gasteiger partial charge in [0.25, 0.3) is 0 Å². The van der Waals surface area contributed by atoms with E-state index in [-0.39, 0.29) is 0 Å². The molecule has 13 heteroatoms. The van der Waals surface area contributed by atoms with Crippen molar-refractivity contribution in [2.45, 2.75) is 64.5 Å². The summed E-state index contributed by atoms with van der Waals surface area (Å²) < 4.78 is 65.8. The highest BCUT2D eigenvalue weighted by atomic mass is 19.4. The first-order valence-electron chi connectivity index (χ1n) is 10.4. The second-order valence-corrected chi connectivity index (χ2v) is 7.64. The number of aromatic nitrogens is 2. The number of fused-ring (bicyclic) bond motifs is 1. The summed E-state index contributed by atoms with van der Waals surface area (Å²) in [5.41, 5.74) is 2.40. The second kappa shape index (κ2) is 12.6. The van der Waals surface area contributed by atoms with E-state index in [1.807, 2.05) is 0 Å². The largest absolute Gasteiger partial charge is 0.490 e. The van der Waals surface area contributed by atoms with Gasteiger partial charge in [0.15, 0.2) is 0 Å². The van der Waals surface area contributed by atoms with Crippen LogP contribution in [0.1, 0.15) is 38.4 Å². The van der Waals surface area contributed by atoms with E-state index >= 15 is 0 Å². The number of hydrogen-bond donors (Lipinski definition) is 2. The van der Waals surface area contributed by atoms with Gasteiger partial charge in [0.2, 0.25) is 0 Å². The van der Waals surface area contributed by atoms with Crippen LogP contribution < -0.4 is 0 Å². The Labute approximate surface area is 192 Å². The Hall–Kier alpha value is -2.83. The maximum atomic E-state index is 10.6. The number of carbonyl (C=O) groups is 2. The first kappa shape index (κ1) is 29.2. The van der Waals surface area contributed by atoms with Gasteiger partial charge in [-0.05, 0) is 51.8 Å². The highest BCUT2D eigenvalue weighted by Crippen LogP contribution is 2.19. The number of para-hydroxylation sites is 2. The fourth-order valence-electron chi connectivity index (χ4n) is 3.40. The van der Waals surface area contributed by atoms with Crippen molar-refractivity contribution >= 4 is 23.0 Å². The molecule has 0 spiro atoms. The number of carboxylic acids is 2. The molecular weight excluding hydrogens is 472 g/mol. The van der Waals surface area contributed by atoms with Crippen LogP contribution in [0.2, 0.25) is 0 Å². The minimum atomic E-state index is -5.08. The van der Waals surface area contributed by atoms with Crippen LogP contribution in [0.4, 0.5) is 26.3 Å². The first-order valence-corrected chi connectivity index (χ1v) is 10.4. The lowest BCUT2D eigenvalue weighted by Crippen LogP contribution is -2.38. The predicted octanol–water partition coefficient (Wildman–Crippen LogP) is 4.88. The molecule has 192 valence electrons. The molecule has 2 heterocycles. The molecule has 1 saturated heterocycles. The Morgan fingerprint density at radius 3 is 2.03 bits per heavy atom. The molecule has 0 bridgehead atoms. The molecule has 1 aliphatic rings. The molecule has 0 saturated carbocycles. The van der Waals surface area contributed by atoms with E-state index < -0.39 is 24.3 Å². The van der Waals surface area contributed by atoms with Gasteiger partial charge in [0.05, 0.1) is 11.0 Å². The van der Waals surface area contributed by atoms with Crippen molar-refractivity contribution in [3.05, 3.63) is 30.1 Å².